The average molecular weight is 274 g/mol. The van der Waals surface area contributed by atoms with E-state index in [-0.39, 0.29) is 0 Å². The molecule has 1 aromatic heterocycles. The van der Waals surface area contributed by atoms with Gasteiger partial charge in [-0.05, 0) is 34.7 Å². The second-order valence-electron chi connectivity index (χ2n) is 1.41. The molecule has 1 aromatic rings. The van der Waals surface area contributed by atoms with E-state index in [1.807, 2.05) is 6.07 Å². The molecule has 0 saturated heterocycles. The summed E-state index contributed by atoms with van der Waals surface area (Å²) in [7, 11) is 0. The van der Waals surface area contributed by atoms with E-state index in [0.717, 1.165) is 3.57 Å². The zero-order valence-electron chi connectivity index (χ0n) is 4.24. The molecule has 1 rings (SSSR count). The van der Waals surface area contributed by atoms with E-state index in [0.29, 0.717) is 10.3 Å². The van der Waals surface area contributed by atoms with Crippen molar-refractivity contribution < 1.29 is 0 Å². The van der Waals surface area contributed by atoms with Crippen LogP contribution in [0.5, 0.6) is 0 Å². The lowest BCUT2D eigenvalue weighted by atomic mass is 10.5. The number of nitrogens with zero attached hydrogens (tertiary/aromatic N) is 1. The lowest BCUT2D eigenvalue weighted by molar-refractivity contribution is 1.31. The van der Waals surface area contributed by atoms with Gasteiger partial charge in [-0.15, -0.1) is 0 Å². The predicted molar refractivity (Wildman–Crippen MR) is 47.0 cm³/mol. The fourth-order valence-corrected chi connectivity index (χ4v) is 1.04. The highest BCUT2D eigenvalue weighted by molar-refractivity contribution is 14.1. The van der Waals surface area contributed by atoms with E-state index in [4.69, 9.17) is 23.2 Å². The fourth-order valence-electron chi connectivity index (χ4n) is 0.395. The van der Waals surface area contributed by atoms with Crippen molar-refractivity contribution in [2.45, 2.75) is 0 Å². The quantitative estimate of drug-likeness (QED) is 0.523. The van der Waals surface area contributed by atoms with Crippen LogP contribution in [0.15, 0.2) is 12.1 Å². The van der Waals surface area contributed by atoms with E-state index in [1.54, 1.807) is 6.07 Å². The van der Waals surface area contributed by atoms with Crippen LogP contribution in [0.3, 0.4) is 0 Å². The van der Waals surface area contributed by atoms with E-state index in [1.165, 1.54) is 0 Å². The first-order valence-corrected chi connectivity index (χ1v) is 4.01. The Morgan fingerprint density at radius 2 is 2.00 bits per heavy atom. The Kier molecular flexibility index (Phi) is 2.55. The molecule has 48 valence electrons. The molecule has 4 heteroatoms. The van der Waals surface area contributed by atoms with Crippen LogP contribution in [-0.2, 0) is 0 Å². The summed E-state index contributed by atoms with van der Waals surface area (Å²) in [6.07, 6.45) is 0. The summed E-state index contributed by atoms with van der Waals surface area (Å²) in [6, 6.07) is 3.52. The molecule has 0 radical (unpaired) electrons. The Labute approximate surface area is 76.5 Å². The molecule has 0 fully saturated rings. The largest absolute Gasteiger partial charge is 0.223 e. The van der Waals surface area contributed by atoms with Gasteiger partial charge in [-0.25, -0.2) is 4.98 Å². The Bertz CT molecular complexity index is 226. The molecule has 0 aliphatic carbocycles. The summed E-state index contributed by atoms with van der Waals surface area (Å²) in [5.74, 6) is 0. The molecular formula is C5H2Cl2IN. The van der Waals surface area contributed by atoms with E-state index in [9.17, 15) is 0 Å². The van der Waals surface area contributed by atoms with E-state index < -0.39 is 0 Å². The number of hydrogen-bond acceptors (Lipinski definition) is 1. The molecule has 0 aliphatic rings. The first kappa shape index (κ1) is 7.57. The van der Waals surface area contributed by atoms with Gasteiger partial charge in [0.05, 0.1) is 3.57 Å². The Balaban J connectivity index is 3.17. The summed E-state index contributed by atoms with van der Waals surface area (Å²) in [5.41, 5.74) is 0. The normalized spacial score (nSPS) is 9.67. The van der Waals surface area contributed by atoms with E-state index in [2.05, 4.69) is 27.6 Å². The number of hydrogen-bond donors (Lipinski definition) is 0. The summed E-state index contributed by atoms with van der Waals surface area (Å²) in [4.78, 5) is 3.80. The maximum Gasteiger partial charge on any atom is 0.144 e. The van der Waals surface area contributed by atoms with Gasteiger partial charge in [0.2, 0.25) is 0 Å². The van der Waals surface area contributed by atoms with Crippen molar-refractivity contribution in [2.75, 3.05) is 0 Å². The van der Waals surface area contributed by atoms with Crippen molar-refractivity contribution in [3.63, 3.8) is 0 Å². The molecule has 0 N–H and O–H groups in total. The average Bonchev–Trinajstić information content (AvgIpc) is 1.80. The summed E-state index contributed by atoms with van der Waals surface area (Å²) in [5, 5.41) is 0.892. The molecule has 0 spiro atoms. The number of rotatable bonds is 0. The van der Waals surface area contributed by atoms with Gasteiger partial charge in [0.1, 0.15) is 10.3 Å². The molecule has 0 amide bonds. The van der Waals surface area contributed by atoms with Crippen LogP contribution >= 0.6 is 45.8 Å². The Hall–Kier alpha value is 0.460. The van der Waals surface area contributed by atoms with Gasteiger partial charge in [0, 0.05) is 0 Å². The minimum absolute atomic E-state index is 0.431. The highest BCUT2D eigenvalue weighted by atomic mass is 127. The van der Waals surface area contributed by atoms with Crippen LogP contribution in [-0.4, -0.2) is 4.98 Å². The van der Waals surface area contributed by atoms with Crippen LogP contribution in [0.1, 0.15) is 0 Å². The van der Waals surface area contributed by atoms with Crippen molar-refractivity contribution in [1.82, 2.24) is 4.98 Å². The minimum Gasteiger partial charge on any atom is -0.223 e. The van der Waals surface area contributed by atoms with Crippen molar-refractivity contribution >= 4 is 45.8 Å². The second-order valence-corrected chi connectivity index (χ2v) is 3.31. The van der Waals surface area contributed by atoms with Gasteiger partial charge in [0.15, 0.2) is 0 Å². The summed E-state index contributed by atoms with van der Waals surface area (Å²) < 4.78 is 0.915. The molecule has 0 saturated carbocycles. The highest BCUT2D eigenvalue weighted by Gasteiger charge is 1.96. The molecule has 9 heavy (non-hydrogen) atoms. The predicted octanol–water partition coefficient (Wildman–Crippen LogP) is 2.99. The van der Waals surface area contributed by atoms with Crippen LogP contribution in [0.25, 0.3) is 0 Å². The third-order valence-corrected chi connectivity index (χ3v) is 2.46. The number of aromatic nitrogens is 1. The van der Waals surface area contributed by atoms with Crippen LogP contribution in [0, 0.1) is 3.57 Å². The molecular weight excluding hydrogens is 272 g/mol. The summed E-state index contributed by atoms with van der Waals surface area (Å²) >= 11 is 13.2. The highest BCUT2D eigenvalue weighted by Crippen LogP contribution is 2.17. The van der Waals surface area contributed by atoms with Gasteiger partial charge in [-0.3, -0.25) is 0 Å². The van der Waals surface area contributed by atoms with Gasteiger partial charge >= 0.3 is 0 Å². The smallest absolute Gasteiger partial charge is 0.144 e. The standard InChI is InChI=1S/C5H2Cl2IN/c6-4-2-1-3(8)5(7)9-4/h1-2H. The van der Waals surface area contributed by atoms with Gasteiger partial charge in [-0.1, -0.05) is 23.2 Å². The zero-order chi connectivity index (χ0) is 6.85. The van der Waals surface area contributed by atoms with Crippen molar-refractivity contribution in [2.24, 2.45) is 0 Å². The second kappa shape index (κ2) is 3.03. The number of pyridine rings is 1. The molecule has 0 unspecified atom stereocenters. The number of halogens is 3. The van der Waals surface area contributed by atoms with Crippen LogP contribution in [0.4, 0.5) is 0 Å². The lowest BCUT2D eigenvalue weighted by Crippen LogP contribution is -1.78. The van der Waals surface area contributed by atoms with Gasteiger partial charge in [0.25, 0.3) is 0 Å². The van der Waals surface area contributed by atoms with Crippen molar-refractivity contribution in [3.8, 4) is 0 Å². The van der Waals surface area contributed by atoms with Crippen LogP contribution in [0.2, 0.25) is 10.3 Å². The minimum atomic E-state index is 0.431. The molecule has 1 nitrogen and oxygen atoms in total. The Morgan fingerprint density at radius 3 is 2.44 bits per heavy atom. The first-order valence-electron chi connectivity index (χ1n) is 2.17. The Morgan fingerprint density at radius 1 is 1.33 bits per heavy atom. The molecule has 0 bridgehead atoms. The molecule has 1 heterocycles. The zero-order valence-corrected chi connectivity index (χ0v) is 7.91. The fraction of sp³-hybridized carbons (Fsp3) is 0. The monoisotopic (exact) mass is 273 g/mol. The molecule has 0 atom stereocenters. The van der Waals surface area contributed by atoms with Crippen LogP contribution < -0.4 is 0 Å². The maximum absolute atomic E-state index is 5.61. The van der Waals surface area contributed by atoms with Gasteiger partial charge < -0.3 is 0 Å². The van der Waals surface area contributed by atoms with Crippen molar-refractivity contribution in [3.05, 3.63) is 26.0 Å². The van der Waals surface area contributed by atoms with E-state index >= 15 is 0 Å². The maximum atomic E-state index is 5.61. The third kappa shape index (κ3) is 1.95. The molecule has 0 aliphatic heterocycles. The third-order valence-electron chi connectivity index (χ3n) is 0.769. The first-order chi connectivity index (χ1) is 4.20. The van der Waals surface area contributed by atoms with Crippen molar-refractivity contribution in [1.29, 1.82) is 0 Å². The molecule has 0 aromatic carbocycles. The summed E-state index contributed by atoms with van der Waals surface area (Å²) in [6.45, 7) is 0. The topological polar surface area (TPSA) is 12.9 Å². The SMILES string of the molecule is Clc1ccc(I)c(Cl)n1. The van der Waals surface area contributed by atoms with Gasteiger partial charge in [-0.2, -0.15) is 0 Å². The lowest BCUT2D eigenvalue weighted by Gasteiger charge is -1.92.